The predicted octanol–water partition coefficient (Wildman–Crippen LogP) is -0.351. The highest BCUT2D eigenvalue weighted by Gasteiger charge is 2.30. The molecule has 0 amide bonds. The molecule has 5 nitrogen and oxygen atoms in total. The Bertz CT molecular complexity index is 331. The van der Waals surface area contributed by atoms with E-state index in [0.717, 1.165) is 11.3 Å². The lowest BCUT2D eigenvalue weighted by atomic mass is 10.2. The van der Waals surface area contributed by atoms with Crippen LogP contribution in [-0.2, 0) is 18.4 Å². The van der Waals surface area contributed by atoms with Crippen molar-refractivity contribution < 1.29 is 9.90 Å². The summed E-state index contributed by atoms with van der Waals surface area (Å²) in [6, 6.07) is -0.575. The van der Waals surface area contributed by atoms with Crippen molar-refractivity contribution in [2.75, 3.05) is 0 Å². The van der Waals surface area contributed by atoms with E-state index in [1.54, 1.807) is 10.9 Å². The number of fused-ring (bicyclic) bond motifs is 1. The fraction of sp³-hybridized carbons (Fsp3) is 0.429. The molecule has 2 rings (SSSR count). The van der Waals surface area contributed by atoms with Crippen molar-refractivity contribution in [3.63, 3.8) is 0 Å². The highest BCUT2D eigenvalue weighted by Crippen LogP contribution is 2.23. The van der Waals surface area contributed by atoms with E-state index in [-0.39, 0.29) is 0 Å². The average Bonchev–Trinajstić information content (AvgIpc) is 2.53. The Balaban J connectivity index is 2.43. The van der Waals surface area contributed by atoms with Gasteiger partial charge in [0, 0.05) is 19.2 Å². The molecule has 2 N–H and O–H groups in total. The standard InChI is InChI=1S/C7H9N3O2/c1-10-5-3-8-6(7(11)12)4(5)2-9-10/h2,6,8H,3H2,1H3,(H,11,12)/t6-/m0/s1. The molecular formula is C7H9N3O2. The molecule has 0 fully saturated rings. The Hall–Kier alpha value is -1.36. The number of aryl methyl sites for hydroxylation is 1. The van der Waals surface area contributed by atoms with Gasteiger partial charge in [-0.25, -0.2) is 0 Å². The van der Waals surface area contributed by atoms with Gasteiger partial charge in [-0.3, -0.25) is 14.8 Å². The van der Waals surface area contributed by atoms with Gasteiger partial charge in [0.05, 0.1) is 11.9 Å². The molecule has 64 valence electrons. The average molecular weight is 167 g/mol. The molecule has 0 radical (unpaired) electrons. The molecule has 5 heteroatoms. The summed E-state index contributed by atoms with van der Waals surface area (Å²) in [5.41, 5.74) is 1.74. The SMILES string of the molecule is Cn1ncc2c1CN[C@@H]2C(=O)O. The van der Waals surface area contributed by atoms with E-state index in [0.29, 0.717) is 6.54 Å². The van der Waals surface area contributed by atoms with Gasteiger partial charge in [-0.05, 0) is 0 Å². The van der Waals surface area contributed by atoms with Gasteiger partial charge < -0.3 is 5.11 Å². The maximum atomic E-state index is 10.7. The van der Waals surface area contributed by atoms with Crippen molar-refractivity contribution in [3.05, 3.63) is 17.5 Å². The predicted molar refractivity (Wildman–Crippen MR) is 40.4 cm³/mol. The first-order valence-electron chi connectivity index (χ1n) is 3.67. The van der Waals surface area contributed by atoms with Crippen LogP contribution in [0.2, 0.25) is 0 Å². The van der Waals surface area contributed by atoms with Gasteiger partial charge in [-0.15, -0.1) is 0 Å². The molecule has 12 heavy (non-hydrogen) atoms. The number of aliphatic carboxylic acids is 1. The molecule has 1 aliphatic rings. The number of hydrogen-bond acceptors (Lipinski definition) is 3. The molecule has 1 aromatic heterocycles. The first-order chi connectivity index (χ1) is 5.70. The fourth-order valence-electron chi connectivity index (χ4n) is 1.47. The summed E-state index contributed by atoms with van der Waals surface area (Å²) in [5.74, 6) is -0.846. The van der Waals surface area contributed by atoms with Crippen LogP contribution in [0, 0.1) is 0 Å². The smallest absolute Gasteiger partial charge is 0.325 e. The molecule has 1 aliphatic heterocycles. The number of carboxylic acid groups (broad SMARTS) is 1. The van der Waals surface area contributed by atoms with Gasteiger partial charge in [0.2, 0.25) is 0 Å². The highest BCUT2D eigenvalue weighted by molar-refractivity contribution is 5.76. The third-order valence-corrected chi connectivity index (χ3v) is 2.13. The van der Waals surface area contributed by atoms with Gasteiger partial charge in [-0.2, -0.15) is 5.10 Å². The summed E-state index contributed by atoms with van der Waals surface area (Å²) >= 11 is 0. The van der Waals surface area contributed by atoms with Crippen molar-refractivity contribution in [1.82, 2.24) is 15.1 Å². The Labute approximate surface area is 69.0 Å². The van der Waals surface area contributed by atoms with Crippen LogP contribution in [0.25, 0.3) is 0 Å². The molecule has 0 saturated carbocycles. The highest BCUT2D eigenvalue weighted by atomic mass is 16.4. The van der Waals surface area contributed by atoms with Gasteiger partial charge in [0.25, 0.3) is 0 Å². The normalized spacial score (nSPS) is 20.9. The van der Waals surface area contributed by atoms with Crippen LogP contribution in [0.15, 0.2) is 6.20 Å². The molecule has 0 aliphatic carbocycles. The first-order valence-corrected chi connectivity index (χ1v) is 3.67. The number of rotatable bonds is 1. The Morgan fingerprint density at radius 2 is 2.67 bits per heavy atom. The minimum atomic E-state index is -0.846. The number of aromatic nitrogens is 2. The minimum Gasteiger partial charge on any atom is -0.480 e. The molecule has 0 bridgehead atoms. The van der Waals surface area contributed by atoms with E-state index < -0.39 is 12.0 Å². The maximum Gasteiger partial charge on any atom is 0.325 e. The molecule has 1 atom stereocenters. The minimum absolute atomic E-state index is 0.575. The van der Waals surface area contributed by atoms with E-state index in [9.17, 15) is 4.79 Å². The van der Waals surface area contributed by atoms with Gasteiger partial charge in [-0.1, -0.05) is 0 Å². The third kappa shape index (κ3) is 0.831. The van der Waals surface area contributed by atoms with Crippen LogP contribution in [0.5, 0.6) is 0 Å². The Morgan fingerprint density at radius 3 is 3.33 bits per heavy atom. The maximum absolute atomic E-state index is 10.7. The zero-order valence-electron chi connectivity index (χ0n) is 6.61. The lowest BCUT2D eigenvalue weighted by Gasteiger charge is -2.01. The monoisotopic (exact) mass is 167 g/mol. The second-order valence-electron chi connectivity index (χ2n) is 2.82. The summed E-state index contributed by atoms with van der Waals surface area (Å²) in [6.07, 6.45) is 1.61. The molecule has 0 spiro atoms. The lowest BCUT2D eigenvalue weighted by molar-refractivity contribution is -0.139. The largest absolute Gasteiger partial charge is 0.480 e. The van der Waals surface area contributed by atoms with E-state index in [1.807, 2.05) is 7.05 Å². The van der Waals surface area contributed by atoms with Crippen LogP contribution in [0.3, 0.4) is 0 Å². The van der Waals surface area contributed by atoms with Crippen molar-refractivity contribution >= 4 is 5.97 Å². The zero-order chi connectivity index (χ0) is 8.72. The summed E-state index contributed by atoms with van der Waals surface area (Å²) in [4.78, 5) is 10.7. The summed E-state index contributed by atoms with van der Waals surface area (Å²) in [5, 5.41) is 15.6. The zero-order valence-corrected chi connectivity index (χ0v) is 6.61. The van der Waals surface area contributed by atoms with Crippen molar-refractivity contribution in [3.8, 4) is 0 Å². The van der Waals surface area contributed by atoms with E-state index in [1.165, 1.54) is 0 Å². The fourth-order valence-corrected chi connectivity index (χ4v) is 1.47. The van der Waals surface area contributed by atoms with E-state index >= 15 is 0 Å². The van der Waals surface area contributed by atoms with E-state index in [4.69, 9.17) is 5.11 Å². The van der Waals surface area contributed by atoms with Gasteiger partial charge >= 0.3 is 5.97 Å². The van der Waals surface area contributed by atoms with Crippen molar-refractivity contribution in [2.45, 2.75) is 12.6 Å². The van der Waals surface area contributed by atoms with Crippen molar-refractivity contribution in [1.29, 1.82) is 0 Å². The topological polar surface area (TPSA) is 67.2 Å². The molecular weight excluding hydrogens is 158 g/mol. The van der Waals surface area contributed by atoms with Gasteiger partial charge in [0.1, 0.15) is 6.04 Å². The van der Waals surface area contributed by atoms with Crippen LogP contribution in [-0.4, -0.2) is 20.9 Å². The number of carbonyl (C=O) groups is 1. The summed E-state index contributed by atoms with van der Waals surface area (Å²) in [6.45, 7) is 0.586. The summed E-state index contributed by atoms with van der Waals surface area (Å²) < 4.78 is 1.70. The van der Waals surface area contributed by atoms with Crippen molar-refractivity contribution in [2.24, 2.45) is 7.05 Å². The number of nitrogens with zero attached hydrogens (tertiary/aromatic N) is 2. The lowest BCUT2D eigenvalue weighted by Crippen LogP contribution is -2.21. The molecule has 2 heterocycles. The second-order valence-corrected chi connectivity index (χ2v) is 2.82. The number of nitrogens with one attached hydrogen (secondary N) is 1. The third-order valence-electron chi connectivity index (χ3n) is 2.13. The Kier molecular flexibility index (Phi) is 1.41. The van der Waals surface area contributed by atoms with Crippen LogP contribution in [0.4, 0.5) is 0 Å². The molecule has 0 saturated heterocycles. The molecule has 1 aromatic rings. The van der Waals surface area contributed by atoms with E-state index in [2.05, 4.69) is 10.4 Å². The van der Waals surface area contributed by atoms with Gasteiger partial charge in [0.15, 0.2) is 0 Å². The first kappa shape index (κ1) is 7.30. The van der Waals surface area contributed by atoms with Crippen LogP contribution >= 0.6 is 0 Å². The van der Waals surface area contributed by atoms with Crippen LogP contribution in [0.1, 0.15) is 17.3 Å². The number of carboxylic acids is 1. The quantitative estimate of drug-likeness (QED) is 0.600. The molecule has 0 unspecified atom stereocenters. The molecule has 0 aromatic carbocycles. The Morgan fingerprint density at radius 1 is 1.92 bits per heavy atom. The van der Waals surface area contributed by atoms with Crippen LogP contribution < -0.4 is 5.32 Å². The second kappa shape index (κ2) is 2.31. The summed E-state index contributed by atoms with van der Waals surface area (Å²) in [7, 11) is 1.81. The number of hydrogen-bond donors (Lipinski definition) is 2.